The molecule has 0 aromatic carbocycles. The molecule has 2 N–H and O–H groups in total. The van der Waals surface area contributed by atoms with Gasteiger partial charge in [0.1, 0.15) is 17.4 Å². The Kier molecular flexibility index (Phi) is 4.42. The fourth-order valence-electron chi connectivity index (χ4n) is 2.89. The molecule has 3 rings (SSSR count). The molecule has 0 bridgehead atoms. The van der Waals surface area contributed by atoms with E-state index >= 15 is 0 Å². The molecule has 0 fully saturated rings. The molecule has 124 valence electrons. The summed E-state index contributed by atoms with van der Waals surface area (Å²) in [5.41, 5.74) is 7.23. The van der Waals surface area contributed by atoms with E-state index in [0.29, 0.717) is 24.5 Å². The molecule has 0 unspecified atom stereocenters. The van der Waals surface area contributed by atoms with Crippen LogP contribution < -0.4 is 16.0 Å². The van der Waals surface area contributed by atoms with E-state index in [-0.39, 0.29) is 17.0 Å². The molecule has 0 amide bonds. The summed E-state index contributed by atoms with van der Waals surface area (Å²) >= 11 is 1.48. The van der Waals surface area contributed by atoms with Gasteiger partial charge in [0.2, 0.25) is 5.88 Å². The smallest absolute Gasteiger partial charge is 0.258 e. The highest BCUT2D eigenvalue weighted by Gasteiger charge is 2.34. The number of nitriles is 1. The van der Waals surface area contributed by atoms with Gasteiger partial charge in [-0.1, -0.05) is 6.07 Å². The molecule has 0 saturated heterocycles. The van der Waals surface area contributed by atoms with Gasteiger partial charge in [-0.15, -0.1) is 11.3 Å². The van der Waals surface area contributed by atoms with Gasteiger partial charge in [-0.3, -0.25) is 4.79 Å². The molecule has 0 aliphatic carbocycles. The summed E-state index contributed by atoms with van der Waals surface area (Å²) in [6, 6.07) is 7.67. The van der Waals surface area contributed by atoms with Crippen LogP contribution in [0.2, 0.25) is 0 Å². The number of methoxy groups -OCH3 is 1. The zero-order chi connectivity index (χ0) is 17.3. The fourth-order valence-corrected chi connectivity index (χ4v) is 3.73. The molecule has 2 aromatic rings. The number of allylic oxidation sites excluding steroid dienone is 1. The molecule has 3 heterocycles. The lowest BCUT2D eigenvalue weighted by Gasteiger charge is -2.26. The Labute approximate surface area is 143 Å². The number of rotatable bonds is 4. The zero-order valence-corrected chi connectivity index (χ0v) is 14.2. The number of aryl methyl sites for hydroxylation is 1. The largest absolute Gasteiger partial charge is 0.440 e. The first kappa shape index (κ1) is 16.3. The summed E-state index contributed by atoms with van der Waals surface area (Å²) < 4.78 is 12.3. The fraction of sp³-hybridized carbons (Fsp3) is 0.294. The van der Waals surface area contributed by atoms with Gasteiger partial charge >= 0.3 is 0 Å². The second-order valence-corrected chi connectivity index (χ2v) is 6.43. The lowest BCUT2D eigenvalue weighted by molar-refractivity contribution is 0.185. The standard InChI is InChI=1S/C17H17N3O3S/c1-10-8-12-15(17(21)20(10)5-6-22-2)14(13-4-3-7-24-13)11(9-18)16(19)23-12/h3-4,7-8,14H,5-6,19H2,1-2H3/t14-/m1/s1. The van der Waals surface area contributed by atoms with Gasteiger partial charge in [0.15, 0.2) is 0 Å². The molecular weight excluding hydrogens is 326 g/mol. The monoisotopic (exact) mass is 343 g/mol. The summed E-state index contributed by atoms with van der Waals surface area (Å²) in [5.74, 6) is -0.0291. The normalized spacial score (nSPS) is 16.5. The first-order chi connectivity index (χ1) is 11.6. The van der Waals surface area contributed by atoms with Gasteiger partial charge in [-0.2, -0.15) is 5.26 Å². The highest BCUT2D eigenvalue weighted by Crippen LogP contribution is 2.41. The second-order valence-electron chi connectivity index (χ2n) is 5.45. The summed E-state index contributed by atoms with van der Waals surface area (Å²) in [5, 5.41) is 11.4. The number of aromatic nitrogens is 1. The average Bonchev–Trinajstić information content (AvgIpc) is 3.07. The summed E-state index contributed by atoms with van der Waals surface area (Å²) in [6.45, 7) is 2.69. The Bertz CT molecular complexity index is 891. The molecule has 7 heteroatoms. The molecule has 0 radical (unpaired) electrons. The molecule has 24 heavy (non-hydrogen) atoms. The molecule has 6 nitrogen and oxygen atoms in total. The van der Waals surface area contributed by atoms with Crippen molar-refractivity contribution in [3.8, 4) is 11.8 Å². The lowest BCUT2D eigenvalue weighted by atomic mass is 9.88. The van der Waals surface area contributed by atoms with E-state index in [2.05, 4.69) is 6.07 Å². The van der Waals surface area contributed by atoms with E-state index < -0.39 is 5.92 Å². The van der Waals surface area contributed by atoms with Crippen LogP contribution in [0, 0.1) is 18.3 Å². The zero-order valence-electron chi connectivity index (χ0n) is 13.4. The number of pyridine rings is 1. The maximum Gasteiger partial charge on any atom is 0.258 e. The van der Waals surface area contributed by atoms with E-state index in [1.165, 1.54) is 11.3 Å². The summed E-state index contributed by atoms with van der Waals surface area (Å²) in [4.78, 5) is 14.0. The van der Waals surface area contributed by atoms with Crippen LogP contribution in [-0.2, 0) is 11.3 Å². The Morgan fingerprint density at radius 2 is 2.33 bits per heavy atom. The van der Waals surface area contributed by atoms with Gasteiger partial charge in [0.05, 0.1) is 18.1 Å². The predicted molar refractivity (Wildman–Crippen MR) is 90.9 cm³/mol. The second kappa shape index (κ2) is 6.51. The van der Waals surface area contributed by atoms with Crippen LogP contribution in [0.4, 0.5) is 0 Å². The van der Waals surface area contributed by atoms with E-state index in [9.17, 15) is 10.1 Å². The first-order valence-corrected chi connectivity index (χ1v) is 8.30. The van der Waals surface area contributed by atoms with Crippen LogP contribution in [0.15, 0.2) is 39.8 Å². The van der Waals surface area contributed by atoms with Crippen molar-refractivity contribution < 1.29 is 9.47 Å². The SMILES string of the molecule is COCCn1c(C)cc2c(c1=O)[C@@H](c1cccs1)C(C#N)=C(N)O2. The van der Waals surface area contributed by atoms with Gasteiger partial charge in [-0.05, 0) is 18.4 Å². The third-order valence-corrected chi connectivity index (χ3v) is 4.97. The lowest BCUT2D eigenvalue weighted by Crippen LogP contribution is -2.33. The Balaban J connectivity index is 2.25. The Morgan fingerprint density at radius 3 is 2.96 bits per heavy atom. The maximum absolute atomic E-state index is 13.1. The number of nitrogens with two attached hydrogens (primary N) is 1. The van der Waals surface area contributed by atoms with Crippen LogP contribution in [-0.4, -0.2) is 18.3 Å². The quantitative estimate of drug-likeness (QED) is 0.918. The van der Waals surface area contributed by atoms with Crippen LogP contribution >= 0.6 is 11.3 Å². The van der Waals surface area contributed by atoms with Gasteiger partial charge in [-0.25, -0.2) is 0 Å². The number of hydrogen-bond donors (Lipinski definition) is 1. The van der Waals surface area contributed by atoms with Crippen LogP contribution in [0.25, 0.3) is 0 Å². The highest BCUT2D eigenvalue weighted by atomic mass is 32.1. The molecule has 0 spiro atoms. The van der Waals surface area contributed by atoms with Crippen molar-refractivity contribution in [1.29, 1.82) is 5.26 Å². The van der Waals surface area contributed by atoms with Crippen molar-refractivity contribution in [2.45, 2.75) is 19.4 Å². The number of ether oxygens (including phenoxy) is 2. The minimum absolute atomic E-state index is 0.0526. The number of nitrogens with zero attached hydrogens (tertiary/aromatic N) is 2. The Hall–Kier alpha value is -2.56. The molecule has 1 aliphatic heterocycles. The van der Waals surface area contributed by atoms with Crippen molar-refractivity contribution in [3.05, 3.63) is 61.5 Å². The summed E-state index contributed by atoms with van der Waals surface area (Å²) in [6.07, 6.45) is 0. The third-order valence-electron chi connectivity index (χ3n) is 4.04. The van der Waals surface area contributed by atoms with Crippen molar-refractivity contribution in [3.63, 3.8) is 0 Å². The van der Waals surface area contributed by atoms with Crippen molar-refractivity contribution >= 4 is 11.3 Å². The van der Waals surface area contributed by atoms with Crippen molar-refractivity contribution in [1.82, 2.24) is 4.57 Å². The molecule has 2 aromatic heterocycles. The molecular formula is C17H17N3O3S. The number of hydrogen-bond acceptors (Lipinski definition) is 6. The van der Waals surface area contributed by atoms with Crippen molar-refractivity contribution in [2.24, 2.45) is 5.73 Å². The topological polar surface area (TPSA) is 90.3 Å². The van der Waals surface area contributed by atoms with Crippen LogP contribution in [0.1, 0.15) is 22.1 Å². The van der Waals surface area contributed by atoms with Crippen molar-refractivity contribution in [2.75, 3.05) is 13.7 Å². The molecule has 0 saturated carbocycles. The van der Waals surface area contributed by atoms with Gasteiger partial charge in [0.25, 0.3) is 5.56 Å². The summed E-state index contributed by atoms with van der Waals surface area (Å²) in [7, 11) is 1.59. The minimum Gasteiger partial charge on any atom is -0.440 e. The minimum atomic E-state index is -0.499. The third kappa shape index (κ3) is 2.60. The van der Waals surface area contributed by atoms with E-state index in [1.807, 2.05) is 24.4 Å². The van der Waals surface area contributed by atoms with E-state index in [0.717, 1.165) is 10.6 Å². The Morgan fingerprint density at radius 1 is 1.54 bits per heavy atom. The maximum atomic E-state index is 13.1. The van der Waals surface area contributed by atoms with Gasteiger partial charge in [0, 0.05) is 30.3 Å². The first-order valence-electron chi connectivity index (χ1n) is 7.42. The number of fused-ring (bicyclic) bond motifs is 1. The average molecular weight is 343 g/mol. The van der Waals surface area contributed by atoms with E-state index in [4.69, 9.17) is 15.2 Å². The van der Waals surface area contributed by atoms with E-state index in [1.54, 1.807) is 17.7 Å². The number of thiophene rings is 1. The van der Waals surface area contributed by atoms with Crippen LogP contribution in [0.5, 0.6) is 5.75 Å². The highest BCUT2D eigenvalue weighted by molar-refractivity contribution is 7.10. The van der Waals surface area contributed by atoms with Crippen LogP contribution in [0.3, 0.4) is 0 Å². The molecule has 1 aliphatic rings. The van der Waals surface area contributed by atoms with Gasteiger partial charge < -0.3 is 19.8 Å². The molecule has 1 atom stereocenters. The predicted octanol–water partition coefficient (Wildman–Crippen LogP) is 2.08.